The molecule has 0 radical (unpaired) electrons. The summed E-state index contributed by atoms with van der Waals surface area (Å²) in [5, 5.41) is 5.20. The van der Waals surface area contributed by atoms with Crippen LogP contribution in [0.25, 0.3) is 10.8 Å². The minimum atomic E-state index is -0.331. The molecule has 0 spiro atoms. The van der Waals surface area contributed by atoms with E-state index in [1.165, 1.54) is 0 Å². The van der Waals surface area contributed by atoms with E-state index in [4.69, 9.17) is 9.47 Å². The minimum Gasteiger partial charge on any atom is -0.487 e. The Bertz CT molecular complexity index is 975. The molecule has 0 aromatic heterocycles. The normalized spacial score (nSPS) is 17.6. The number of carbonyl (C=O) groups is 1. The van der Waals surface area contributed by atoms with Gasteiger partial charge in [-0.15, -0.1) is 0 Å². The molecule has 1 aliphatic rings. The zero-order chi connectivity index (χ0) is 18.9. The van der Waals surface area contributed by atoms with Gasteiger partial charge < -0.3 is 14.8 Å². The van der Waals surface area contributed by atoms with Gasteiger partial charge in [-0.1, -0.05) is 54.6 Å². The summed E-state index contributed by atoms with van der Waals surface area (Å²) in [4.78, 5) is 12.6. The second-order valence-corrected chi connectivity index (χ2v) is 7.49. The topological polar surface area (TPSA) is 47.6 Å². The van der Waals surface area contributed by atoms with Gasteiger partial charge >= 0.3 is 0 Å². The quantitative estimate of drug-likeness (QED) is 0.737. The van der Waals surface area contributed by atoms with Crippen molar-refractivity contribution in [2.24, 2.45) is 0 Å². The van der Waals surface area contributed by atoms with Crippen LogP contribution in [-0.4, -0.2) is 18.1 Å². The van der Waals surface area contributed by atoms with E-state index in [0.29, 0.717) is 6.42 Å². The average Bonchev–Trinajstić information content (AvgIpc) is 2.65. The van der Waals surface area contributed by atoms with Crippen LogP contribution in [0, 0.1) is 0 Å². The first-order chi connectivity index (χ1) is 13.0. The van der Waals surface area contributed by atoms with E-state index in [0.717, 1.165) is 27.8 Å². The van der Waals surface area contributed by atoms with Crippen LogP contribution in [0.5, 0.6) is 11.5 Å². The molecule has 3 aromatic carbocycles. The van der Waals surface area contributed by atoms with Gasteiger partial charge in [-0.3, -0.25) is 4.79 Å². The third-order valence-corrected chi connectivity index (χ3v) is 4.82. The fourth-order valence-corrected chi connectivity index (χ4v) is 3.63. The largest absolute Gasteiger partial charge is 0.487 e. The third kappa shape index (κ3) is 3.75. The highest BCUT2D eigenvalue weighted by Crippen LogP contribution is 2.39. The highest BCUT2D eigenvalue weighted by molar-refractivity contribution is 5.88. The number of ether oxygens (including phenoxy) is 2. The molecule has 1 unspecified atom stereocenters. The van der Waals surface area contributed by atoms with E-state index in [1.54, 1.807) is 0 Å². The Morgan fingerprint density at radius 2 is 1.81 bits per heavy atom. The number of carbonyl (C=O) groups excluding carboxylic acids is 1. The second-order valence-electron chi connectivity index (χ2n) is 7.49. The zero-order valence-corrected chi connectivity index (χ0v) is 15.6. The lowest BCUT2D eigenvalue weighted by molar-refractivity contribution is -0.124. The van der Waals surface area contributed by atoms with Crippen molar-refractivity contribution >= 4 is 16.7 Å². The maximum Gasteiger partial charge on any atom is 0.258 e. The molecule has 4 heteroatoms. The molecule has 27 heavy (non-hydrogen) atoms. The Kier molecular flexibility index (Phi) is 4.48. The van der Waals surface area contributed by atoms with Crippen LogP contribution in [0.15, 0.2) is 66.7 Å². The number of nitrogens with one attached hydrogen (secondary N) is 1. The molecule has 1 aliphatic heterocycles. The van der Waals surface area contributed by atoms with Crippen molar-refractivity contribution in [2.75, 3.05) is 6.61 Å². The summed E-state index contributed by atoms with van der Waals surface area (Å²) in [7, 11) is 0. The van der Waals surface area contributed by atoms with Crippen LogP contribution in [0.1, 0.15) is 31.9 Å². The maximum atomic E-state index is 12.6. The smallest absolute Gasteiger partial charge is 0.258 e. The van der Waals surface area contributed by atoms with Crippen molar-refractivity contribution in [3.05, 3.63) is 72.3 Å². The number of rotatable bonds is 4. The van der Waals surface area contributed by atoms with Crippen LogP contribution in [-0.2, 0) is 4.79 Å². The Balaban J connectivity index is 1.47. The molecular weight excluding hydrogens is 338 g/mol. The first kappa shape index (κ1) is 17.4. The lowest BCUT2D eigenvalue weighted by atomic mass is 9.90. The van der Waals surface area contributed by atoms with Crippen molar-refractivity contribution in [3.8, 4) is 11.5 Å². The van der Waals surface area contributed by atoms with Gasteiger partial charge in [0.2, 0.25) is 0 Å². The number of hydrogen-bond acceptors (Lipinski definition) is 3. The van der Waals surface area contributed by atoms with Gasteiger partial charge in [0.1, 0.15) is 17.1 Å². The van der Waals surface area contributed by atoms with Crippen molar-refractivity contribution in [2.45, 2.75) is 31.9 Å². The SMILES string of the molecule is CC1(C)CC(NC(=O)COc2cccc3ccccc23)c2ccccc2O1. The van der Waals surface area contributed by atoms with Gasteiger partial charge in [0.25, 0.3) is 5.91 Å². The summed E-state index contributed by atoms with van der Waals surface area (Å²) >= 11 is 0. The standard InChI is InChI=1S/C23H23NO3/c1-23(2)14-19(18-11-5-6-12-21(18)27-23)24-22(25)15-26-20-13-7-9-16-8-3-4-10-17(16)20/h3-13,19H,14-15H2,1-2H3,(H,24,25). The van der Waals surface area contributed by atoms with E-state index in [-0.39, 0.29) is 24.2 Å². The summed E-state index contributed by atoms with van der Waals surface area (Å²) in [5.74, 6) is 1.41. The molecular formula is C23H23NO3. The first-order valence-corrected chi connectivity index (χ1v) is 9.20. The van der Waals surface area contributed by atoms with Crippen LogP contribution in [0.2, 0.25) is 0 Å². The van der Waals surface area contributed by atoms with E-state index < -0.39 is 0 Å². The number of amides is 1. The molecule has 0 bridgehead atoms. The Morgan fingerprint density at radius 3 is 2.70 bits per heavy atom. The van der Waals surface area contributed by atoms with Crippen LogP contribution in [0.3, 0.4) is 0 Å². The molecule has 0 saturated heterocycles. The van der Waals surface area contributed by atoms with E-state index in [2.05, 4.69) is 5.32 Å². The number of fused-ring (bicyclic) bond motifs is 2. The van der Waals surface area contributed by atoms with E-state index >= 15 is 0 Å². The van der Waals surface area contributed by atoms with Gasteiger partial charge in [0.05, 0.1) is 6.04 Å². The predicted molar refractivity (Wildman–Crippen MR) is 106 cm³/mol. The van der Waals surface area contributed by atoms with Gasteiger partial charge in [0.15, 0.2) is 6.61 Å². The van der Waals surface area contributed by atoms with Gasteiger partial charge in [-0.2, -0.15) is 0 Å². The second kappa shape index (κ2) is 6.95. The average molecular weight is 361 g/mol. The van der Waals surface area contributed by atoms with Crippen LogP contribution >= 0.6 is 0 Å². The van der Waals surface area contributed by atoms with Crippen LogP contribution in [0.4, 0.5) is 0 Å². The summed E-state index contributed by atoms with van der Waals surface area (Å²) in [6.07, 6.45) is 0.712. The fourth-order valence-electron chi connectivity index (χ4n) is 3.63. The predicted octanol–water partition coefficient (Wildman–Crippen LogP) is 4.64. The summed E-state index contributed by atoms with van der Waals surface area (Å²) in [6.45, 7) is 4.05. The van der Waals surface area contributed by atoms with Gasteiger partial charge in [-0.25, -0.2) is 0 Å². The maximum absolute atomic E-state index is 12.6. The molecule has 138 valence electrons. The van der Waals surface area contributed by atoms with Gasteiger partial charge in [0, 0.05) is 17.4 Å². The lowest BCUT2D eigenvalue weighted by Gasteiger charge is -2.37. The molecule has 4 nitrogen and oxygen atoms in total. The number of hydrogen-bond donors (Lipinski definition) is 1. The first-order valence-electron chi connectivity index (χ1n) is 9.20. The molecule has 1 amide bonds. The van der Waals surface area contributed by atoms with Crippen molar-refractivity contribution in [3.63, 3.8) is 0 Å². The molecule has 4 rings (SSSR count). The molecule has 0 aliphatic carbocycles. The third-order valence-electron chi connectivity index (χ3n) is 4.82. The summed E-state index contributed by atoms with van der Waals surface area (Å²) < 4.78 is 11.8. The Hall–Kier alpha value is -3.01. The highest BCUT2D eigenvalue weighted by Gasteiger charge is 2.34. The number of para-hydroxylation sites is 1. The molecule has 0 saturated carbocycles. The van der Waals surface area contributed by atoms with Crippen molar-refractivity contribution in [1.82, 2.24) is 5.32 Å². The molecule has 3 aromatic rings. The van der Waals surface area contributed by atoms with E-state index in [1.807, 2.05) is 80.6 Å². The Morgan fingerprint density at radius 1 is 1.07 bits per heavy atom. The molecule has 1 N–H and O–H groups in total. The molecule has 0 fully saturated rings. The van der Waals surface area contributed by atoms with Crippen molar-refractivity contribution in [1.29, 1.82) is 0 Å². The molecule has 1 heterocycles. The summed E-state index contributed by atoms with van der Waals surface area (Å²) in [6, 6.07) is 21.6. The Labute approximate surface area is 159 Å². The summed E-state index contributed by atoms with van der Waals surface area (Å²) in [5.41, 5.74) is 0.679. The number of benzene rings is 3. The lowest BCUT2D eigenvalue weighted by Crippen LogP contribution is -2.42. The zero-order valence-electron chi connectivity index (χ0n) is 15.6. The fraction of sp³-hybridized carbons (Fsp3) is 0.261. The highest BCUT2D eigenvalue weighted by atomic mass is 16.5. The monoisotopic (exact) mass is 361 g/mol. The van der Waals surface area contributed by atoms with E-state index in [9.17, 15) is 4.79 Å². The minimum absolute atomic E-state index is 0.0199. The van der Waals surface area contributed by atoms with Crippen molar-refractivity contribution < 1.29 is 14.3 Å². The van der Waals surface area contributed by atoms with Gasteiger partial charge in [-0.05, 0) is 31.4 Å². The van der Waals surface area contributed by atoms with Crippen LogP contribution < -0.4 is 14.8 Å². The molecule has 1 atom stereocenters.